The molecule has 4 aromatic rings. The van der Waals surface area contributed by atoms with Crippen LogP contribution in [0.4, 0.5) is 16.2 Å². The van der Waals surface area contributed by atoms with Crippen molar-refractivity contribution in [3.8, 4) is 5.75 Å². The van der Waals surface area contributed by atoms with Gasteiger partial charge in [0.1, 0.15) is 12.4 Å². The zero-order valence-corrected chi connectivity index (χ0v) is 18.4. The summed E-state index contributed by atoms with van der Waals surface area (Å²) in [6.07, 6.45) is 3.07. The molecule has 0 unspecified atom stereocenters. The van der Waals surface area contributed by atoms with Gasteiger partial charge in [-0.15, -0.1) is 0 Å². The molecule has 0 fully saturated rings. The molecule has 34 heavy (non-hydrogen) atoms. The number of nitrogens with zero attached hydrogens (tertiary/aromatic N) is 1. The zero-order valence-electron chi connectivity index (χ0n) is 18.4. The van der Waals surface area contributed by atoms with Crippen LogP contribution in [-0.2, 0) is 4.74 Å². The quantitative estimate of drug-likeness (QED) is 0.228. The molecular weight excluding hydrogens is 426 g/mol. The molecule has 0 saturated carbocycles. The number of hydrogen-bond donors (Lipinski definition) is 0. The predicted octanol–water partition coefficient (Wildman–Crippen LogP) is 6.89. The molecule has 0 heterocycles. The van der Waals surface area contributed by atoms with E-state index in [1.54, 1.807) is 48.5 Å². The van der Waals surface area contributed by atoms with Gasteiger partial charge in [-0.2, -0.15) is 0 Å². The highest BCUT2D eigenvalue weighted by Crippen LogP contribution is 2.25. The molecule has 0 aromatic heterocycles. The molecule has 4 aromatic carbocycles. The molecule has 0 aliphatic heterocycles. The van der Waals surface area contributed by atoms with E-state index < -0.39 is 12.1 Å². The minimum Gasteiger partial charge on any atom is -0.445 e. The largest absolute Gasteiger partial charge is 0.445 e. The van der Waals surface area contributed by atoms with E-state index in [0.29, 0.717) is 11.3 Å². The summed E-state index contributed by atoms with van der Waals surface area (Å²) < 4.78 is 11.0. The summed E-state index contributed by atoms with van der Waals surface area (Å²) in [7, 11) is 0. The standard InChI is InChI=1S/C29H23NO4/c31-28(24-14-4-1-5-15-24)34-27-20-10-12-23(22-27)13-11-21-33-29(32)30(25-16-6-2-7-17-25)26-18-8-3-9-19-26/h1-20,22H,21H2/b13-11-. The van der Waals surface area contributed by atoms with Crippen molar-refractivity contribution >= 4 is 29.5 Å². The van der Waals surface area contributed by atoms with E-state index in [-0.39, 0.29) is 6.61 Å². The second-order valence-electron chi connectivity index (χ2n) is 7.31. The van der Waals surface area contributed by atoms with Gasteiger partial charge in [-0.3, -0.25) is 0 Å². The summed E-state index contributed by atoms with van der Waals surface area (Å²) in [6, 6.07) is 34.6. The maximum absolute atomic E-state index is 12.9. The first kappa shape index (κ1) is 22.6. The highest BCUT2D eigenvalue weighted by Gasteiger charge is 2.18. The minimum absolute atomic E-state index is 0.0863. The number of esters is 1. The predicted molar refractivity (Wildman–Crippen MR) is 133 cm³/mol. The van der Waals surface area contributed by atoms with Gasteiger partial charge in [-0.05, 0) is 60.2 Å². The van der Waals surface area contributed by atoms with E-state index in [9.17, 15) is 9.59 Å². The maximum atomic E-state index is 12.9. The molecular formula is C29H23NO4. The number of ether oxygens (including phenoxy) is 2. The number of carbonyl (C=O) groups is 2. The Morgan fingerprint density at radius 3 is 1.91 bits per heavy atom. The smallest absolute Gasteiger partial charge is 0.419 e. The summed E-state index contributed by atoms with van der Waals surface area (Å²) in [5.74, 6) is 0.0184. The number of amides is 1. The summed E-state index contributed by atoms with van der Waals surface area (Å²) >= 11 is 0. The minimum atomic E-state index is -0.479. The Balaban J connectivity index is 1.38. The molecule has 0 N–H and O–H groups in total. The summed E-state index contributed by atoms with van der Waals surface area (Å²) in [6.45, 7) is 0.0863. The number of para-hydroxylation sites is 2. The fourth-order valence-electron chi connectivity index (χ4n) is 3.30. The van der Waals surface area contributed by atoms with Crippen LogP contribution >= 0.6 is 0 Å². The SMILES string of the molecule is O=C(Oc1cccc(/C=C\COC(=O)N(c2ccccc2)c2ccccc2)c1)c1ccccc1. The van der Waals surface area contributed by atoms with Crippen molar-refractivity contribution < 1.29 is 19.1 Å². The molecule has 0 atom stereocenters. The first-order valence-electron chi connectivity index (χ1n) is 10.8. The highest BCUT2D eigenvalue weighted by atomic mass is 16.6. The van der Waals surface area contributed by atoms with E-state index in [1.807, 2.05) is 78.9 Å². The molecule has 4 rings (SSSR count). The average molecular weight is 450 g/mol. The van der Waals surface area contributed by atoms with Crippen molar-refractivity contribution in [1.29, 1.82) is 0 Å². The Morgan fingerprint density at radius 2 is 1.29 bits per heavy atom. The first-order chi connectivity index (χ1) is 16.7. The molecule has 168 valence electrons. The second kappa shape index (κ2) is 11.3. The van der Waals surface area contributed by atoms with E-state index in [4.69, 9.17) is 9.47 Å². The van der Waals surface area contributed by atoms with Crippen molar-refractivity contribution in [2.75, 3.05) is 11.5 Å². The third-order valence-corrected chi connectivity index (χ3v) is 4.90. The van der Waals surface area contributed by atoms with Gasteiger partial charge in [0.2, 0.25) is 0 Å². The van der Waals surface area contributed by atoms with Crippen molar-refractivity contribution in [2.45, 2.75) is 0 Å². The van der Waals surface area contributed by atoms with Gasteiger partial charge in [-0.1, -0.05) is 72.8 Å². The normalized spacial score (nSPS) is 10.6. The molecule has 0 aliphatic rings. The maximum Gasteiger partial charge on any atom is 0.419 e. The van der Waals surface area contributed by atoms with Crippen LogP contribution in [0, 0.1) is 0 Å². The lowest BCUT2D eigenvalue weighted by atomic mass is 10.2. The molecule has 0 aliphatic carbocycles. The van der Waals surface area contributed by atoms with Crippen molar-refractivity contribution in [3.05, 3.63) is 132 Å². The van der Waals surface area contributed by atoms with E-state index >= 15 is 0 Å². The van der Waals surface area contributed by atoms with Crippen molar-refractivity contribution in [2.24, 2.45) is 0 Å². The van der Waals surface area contributed by atoms with Crippen LogP contribution in [0.15, 0.2) is 121 Å². The Morgan fingerprint density at radius 1 is 0.706 bits per heavy atom. The van der Waals surface area contributed by atoms with Gasteiger partial charge in [0, 0.05) is 0 Å². The van der Waals surface area contributed by atoms with E-state index in [1.165, 1.54) is 4.90 Å². The Hall–Kier alpha value is -4.64. The van der Waals surface area contributed by atoms with E-state index in [0.717, 1.165) is 16.9 Å². The van der Waals surface area contributed by atoms with Gasteiger partial charge in [0.05, 0.1) is 16.9 Å². The lowest BCUT2D eigenvalue weighted by Gasteiger charge is -2.22. The number of benzene rings is 4. The zero-order chi connectivity index (χ0) is 23.6. The van der Waals surface area contributed by atoms with Gasteiger partial charge < -0.3 is 9.47 Å². The Bertz CT molecular complexity index is 1220. The highest BCUT2D eigenvalue weighted by molar-refractivity contribution is 5.96. The molecule has 5 heteroatoms. The van der Waals surface area contributed by atoms with Crippen molar-refractivity contribution in [3.63, 3.8) is 0 Å². The van der Waals surface area contributed by atoms with Crippen LogP contribution in [0.3, 0.4) is 0 Å². The average Bonchev–Trinajstić information content (AvgIpc) is 2.89. The molecule has 0 spiro atoms. The van der Waals surface area contributed by atoms with Gasteiger partial charge in [0.25, 0.3) is 0 Å². The summed E-state index contributed by atoms with van der Waals surface area (Å²) in [4.78, 5) is 26.7. The molecule has 5 nitrogen and oxygen atoms in total. The number of carbonyl (C=O) groups excluding carboxylic acids is 2. The fourth-order valence-corrected chi connectivity index (χ4v) is 3.30. The van der Waals surface area contributed by atoms with Crippen LogP contribution in [-0.4, -0.2) is 18.7 Å². The fraction of sp³-hybridized carbons (Fsp3) is 0.0345. The third kappa shape index (κ3) is 5.99. The Labute approximate surface area is 198 Å². The monoisotopic (exact) mass is 449 g/mol. The second-order valence-corrected chi connectivity index (χ2v) is 7.31. The van der Waals surface area contributed by atoms with Gasteiger partial charge >= 0.3 is 12.1 Å². The van der Waals surface area contributed by atoms with E-state index in [2.05, 4.69) is 0 Å². The summed E-state index contributed by atoms with van der Waals surface area (Å²) in [5, 5.41) is 0. The lowest BCUT2D eigenvalue weighted by molar-refractivity contribution is 0.0734. The molecule has 0 radical (unpaired) electrons. The van der Waals surface area contributed by atoms with Crippen LogP contribution in [0.25, 0.3) is 6.08 Å². The first-order valence-corrected chi connectivity index (χ1v) is 10.8. The van der Waals surface area contributed by atoms with Crippen LogP contribution in [0.1, 0.15) is 15.9 Å². The third-order valence-electron chi connectivity index (χ3n) is 4.90. The van der Waals surface area contributed by atoms with Gasteiger partial charge in [0.15, 0.2) is 0 Å². The number of hydrogen-bond acceptors (Lipinski definition) is 4. The van der Waals surface area contributed by atoms with Crippen molar-refractivity contribution in [1.82, 2.24) is 0 Å². The number of rotatable bonds is 7. The van der Waals surface area contributed by atoms with Gasteiger partial charge in [-0.25, -0.2) is 14.5 Å². The van der Waals surface area contributed by atoms with Crippen LogP contribution in [0.5, 0.6) is 5.75 Å². The Kier molecular flexibility index (Phi) is 7.49. The summed E-state index contributed by atoms with van der Waals surface area (Å²) in [5.41, 5.74) is 2.74. The lowest BCUT2D eigenvalue weighted by Crippen LogP contribution is -2.26. The number of anilines is 2. The van der Waals surface area contributed by atoms with Crippen LogP contribution < -0.4 is 9.64 Å². The topological polar surface area (TPSA) is 55.8 Å². The van der Waals surface area contributed by atoms with Crippen LogP contribution in [0.2, 0.25) is 0 Å². The molecule has 0 bridgehead atoms. The molecule has 0 saturated heterocycles. The molecule has 1 amide bonds.